The first-order valence-corrected chi connectivity index (χ1v) is 7.59. The highest BCUT2D eigenvalue weighted by Crippen LogP contribution is 2.34. The van der Waals surface area contributed by atoms with E-state index in [1.165, 1.54) is 11.6 Å². The summed E-state index contributed by atoms with van der Waals surface area (Å²) in [5, 5.41) is 0. The molecule has 0 radical (unpaired) electrons. The summed E-state index contributed by atoms with van der Waals surface area (Å²) in [6.07, 6.45) is 8.76. The average molecular weight is 284 g/mol. The third-order valence-electron chi connectivity index (χ3n) is 4.20. The van der Waals surface area contributed by atoms with Crippen LogP contribution in [0.15, 0.2) is 48.1 Å². The molecule has 1 aromatic rings. The molecule has 0 spiro atoms. The molecule has 2 rings (SSSR count). The van der Waals surface area contributed by atoms with E-state index in [4.69, 9.17) is 4.74 Å². The van der Waals surface area contributed by atoms with E-state index < -0.39 is 5.60 Å². The SMILES string of the molecule is CC1=CC[C@@H](C(C)(C)OC(=O)C=Cc2ccccc2)CC1. The summed E-state index contributed by atoms with van der Waals surface area (Å²) >= 11 is 0. The number of benzene rings is 1. The molecular formula is C19H24O2. The van der Waals surface area contributed by atoms with Gasteiger partial charge in [0.15, 0.2) is 0 Å². The summed E-state index contributed by atoms with van der Waals surface area (Å²) in [7, 11) is 0. The summed E-state index contributed by atoms with van der Waals surface area (Å²) in [6, 6.07) is 9.78. The van der Waals surface area contributed by atoms with Crippen molar-refractivity contribution in [1.82, 2.24) is 0 Å². The Morgan fingerprint density at radius 2 is 2.00 bits per heavy atom. The minimum Gasteiger partial charge on any atom is -0.456 e. The van der Waals surface area contributed by atoms with Crippen molar-refractivity contribution in [2.24, 2.45) is 5.92 Å². The van der Waals surface area contributed by atoms with Gasteiger partial charge in [-0.2, -0.15) is 0 Å². The molecule has 0 N–H and O–H groups in total. The topological polar surface area (TPSA) is 26.3 Å². The van der Waals surface area contributed by atoms with Gasteiger partial charge in [0, 0.05) is 12.0 Å². The van der Waals surface area contributed by atoms with E-state index in [2.05, 4.69) is 13.0 Å². The van der Waals surface area contributed by atoms with E-state index in [0.717, 1.165) is 24.8 Å². The van der Waals surface area contributed by atoms with Crippen molar-refractivity contribution in [3.05, 3.63) is 53.6 Å². The summed E-state index contributed by atoms with van der Waals surface area (Å²) in [6.45, 7) is 6.19. The van der Waals surface area contributed by atoms with Crippen LogP contribution in [-0.2, 0) is 9.53 Å². The summed E-state index contributed by atoms with van der Waals surface area (Å²) in [5.74, 6) is 0.130. The minimum absolute atomic E-state index is 0.268. The lowest BCUT2D eigenvalue weighted by Crippen LogP contribution is -2.37. The number of allylic oxidation sites excluding steroid dienone is 2. The Morgan fingerprint density at radius 3 is 2.62 bits per heavy atom. The zero-order valence-electron chi connectivity index (χ0n) is 13.1. The Bertz CT molecular complexity index is 538. The molecule has 112 valence electrons. The highest BCUT2D eigenvalue weighted by atomic mass is 16.6. The van der Waals surface area contributed by atoms with E-state index in [9.17, 15) is 4.79 Å². The Hall–Kier alpha value is -1.83. The van der Waals surface area contributed by atoms with Gasteiger partial charge in [-0.1, -0.05) is 42.0 Å². The highest BCUT2D eigenvalue weighted by molar-refractivity contribution is 5.87. The van der Waals surface area contributed by atoms with E-state index in [1.807, 2.05) is 44.2 Å². The lowest BCUT2D eigenvalue weighted by Gasteiger charge is -2.35. The molecule has 1 atom stereocenters. The zero-order valence-corrected chi connectivity index (χ0v) is 13.1. The second kappa shape index (κ2) is 6.75. The molecule has 0 bridgehead atoms. The average Bonchev–Trinajstić information content (AvgIpc) is 2.46. The molecule has 1 aliphatic rings. The fraction of sp³-hybridized carbons (Fsp3) is 0.421. The monoisotopic (exact) mass is 284 g/mol. The van der Waals surface area contributed by atoms with Crippen molar-refractivity contribution in [2.45, 2.75) is 45.6 Å². The number of ether oxygens (including phenoxy) is 1. The lowest BCUT2D eigenvalue weighted by atomic mass is 9.79. The highest BCUT2D eigenvalue weighted by Gasteiger charge is 2.33. The first kappa shape index (κ1) is 15.6. The van der Waals surface area contributed by atoms with Gasteiger partial charge in [0.05, 0.1) is 0 Å². The summed E-state index contributed by atoms with van der Waals surface area (Å²) < 4.78 is 5.68. The van der Waals surface area contributed by atoms with Crippen LogP contribution >= 0.6 is 0 Å². The molecule has 0 saturated carbocycles. The lowest BCUT2D eigenvalue weighted by molar-refractivity contribution is -0.155. The molecule has 0 aliphatic heterocycles. The molecule has 0 fully saturated rings. The van der Waals surface area contributed by atoms with E-state index >= 15 is 0 Å². The number of hydrogen-bond donors (Lipinski definition) is 0. The summed E-state index contributed by atoms with van der Waals surface area (Å²) in [4.78, 5) is 12.0. The molecule has 0 amide bonds. The Morgan fingerprint density at radius 1 is 1.29 bits per heavy atom. The number of carbonyl (C=O) groups is 1. The molecule has 21 heavy (non-hydrogen) atoms. The Balaban J connectivity index is 1.93. The molecule has 0 heterocycles. The van der Waals surface area contributed by atoms with Crippen LogP contribution in [-0.4, -0.2) is 11.6 Å². The number of esters is 1. The first-order valence-electron chi connectivity index (χ1n) is 7.59. The summed E-state index contributed by atoms with van der Waals surface area (Å²) in [5.41, 5.74) is 2.02. The predicted molar refractivity (Wildman–Crippen MR) is 86.7 cm³/mol. The van der Waals surface area contributed by atoms with Crippen molar-refractivity contribution in [2.75, 3.05) is 0 Å². The second-order valence-electron chi connectivity index (χ2n) is 6.29. The van der Waals surface area contributed by atoms with Gasteiger partial charge in [0.25, 0.3) is 0 Å². The van der Waals surface area contributed by atoms with E-state index in [-0.39, 0.29) is 5.97 Å². The van der Waals surface area contributed by atoms with Gasteiger partial charge in [-0.3, -0.25) is 0 Å². The molecular weight excluding hydrogens is 260 g/mol. The van der Waals surface area contributed by atoms with Gasteiger partial charge in [0.1, 0.15) is 5.60 Å². The van der Waals surface area contributed by atoms with Gasteiger partial charge in [0.2, 0.25) is 0 Å². The number of rotatable bonds is 4. The standard InChI is InChI=1S/C19H24O2/c1-15-9-12-17(13-10-15)19(2,3)21-18(20)14-11-16-7-5-4-6-8-16/h4-9,11,14,17H,10,12-13H2,1-3H3/t17-/m1/s1. The van der Waals surface area contributed by atoms with Crippen LogP contribution in [0.4, 0.5) is 0 Å². The third-order valence-corrected chi connectivity index (χ3v) is 4.20. The fourth-order valence-electron chi connectivity index (χ4n) is 2.70. The van der Waals surface area contributed by atoms with Crippen LogP contribution in [0.3, 0.4) is 0 Å². The van der Waals surface area contributed by atoms with Gasteiger partial charge < -0.3 is 4.74 Å². The number of carbonyl (C=O) groups excluding carboxylic acids is 1. The predicted octanol–water partition coefficient (Wildman–Crippen LogP) is 4.77. The normalized spacial score (nSPS) is 19.4. The first-order chi connectivity index (χ1) is 9.97. The maximum Gasteiger partial charge on any atom is 0.331 e. The maximum atomic E-state index is 12.0. The van der Waals surface area contributed by atoms with Crippen molar-refractivity contribution in [3.8, 4) is 0 Å². The van der Waals surface area contributed by atoms with Crippen molar-refractivity contribution in [1.29, 1.82) is 0 Å². The Labute approximate surface area is 127 Å². The van der Waals surface area contributed by atoms with Crippen LogP contribution in [0, 0.1) is 5.92 Å². The van der Waals surface area contributed by atoms with Crippen molar-refractivity contribution < 1.29 is 9.53 Å². The molecule has 0 unspecified atom stereocenters. The minimum atomic E-state index is -0.421. The fourth-order valence-corrected chi connectivity index (χ4v) is 2.70. The van der Waals surface area contributed by atoms with Gasteiger partial charge in [-0.05, 0) is 51.7 Å². The van der Waals surface area contributed by atoms with Gasteiger partial charge >= 0.3 is 5.97 Å². The smallest absolute Gasteiger partial charge is 0.331 e. The Kier molecular flexibility index (Phi) is 5.00. The van der Waals surface area contributed by atoms with Crippen molar-refractivity contribution >= 4 is 12.0 Å². The van der Waals surface area contributed by atoms with Crippen LogP contribution in [0.2, 0.25) is 0 Å². The maximum absolute atomic E-state index is 12.0. The molecule has 2 heteroatoms. The number of hydrogen-bond acceptors (Lipinski definition) is 2. The molecule has 0 aromatic heterocycles. The van der Waals surface area contributed by atoms with E-state index in [1.54, 1.807) is 6.08 Å². The van der Waals surface area contributed by atoms with Gasteiger partial charge in [-0.15, -0.1) is 0 Å². The quantitative estimate of drug-likeness (QED) is 0.452. The largest absolute Gasteiger partial charge is 0.456 e. The molecule has 2 nitrogen and oxygen atoms in total. The third kappa shape index (κ3) is 4.59. The van der Waals surface area contributed by atoms with Crippen molar-refractivity contribution in [3.63, 3.8) is 0 Å². The van der Waals surface area contributed by atoms with E-state index in [0.29, 0.717) is 5.92 Å². The van der Waals surface area contributed by atoms with Crippen LogP contribution < -0.4 is 0 Å². The van der Waals surface area contributed by atoms with Crippen LogP contribution in [0.1, 0.15) is 45.6 Å². The molecule has 1 aromatic carbocycles. The molecule has 0 saturated heterocycles. The van der Waals surface area contributed by atoms with Gasteiger partial charge in [-0.25, -0.2) is 4.79 Å². The van der Waals surface area contributed by atoms with Crippen LogP contribution in [0.5, 0.6) is 0 Å². The van der Waals surface area contributed by atoms with Crippen LogP contribution in [0.25, 0.3) is 6.08 Å². The molecule has 1 aliphatic carbocycles. The second-order valence-corrected chi connectivity index (χ2v) is 6.29. The zero-order chi connectivity index (χ0) is 15.3.